The van der Waals surface area contributed by atoms with E-state index in [1.807, 2.05) is 12.3 Å². The Morgan fingerprint density at radius 2 is 2.05 bits per heavy atom. The second-order valence-corrected chi connectivity index (χ2v) is 5.84. The van der Waals surface area contributed by atoms with E-state index in [0.29, 0.717) is 13.1 Å². The third-order valence-electron chi connectivity index (χ3n) is 4.31. The van der Waals surface area contributed by atoms with Crippen LogP contribution < -0.4 is 5.32 Å². The summed E-state index contributed by atoms with van der Waals surface area (Å²) in [4.78, 5) is 0. The van der Waals surface area contributed by atoms with Crippen LogP contribution in [0.25, 0.3) is 0 Å². The second kappa shape index (κ2) is 7.65. The van der Waals surface area contributed by atoms with Gasteiger partial charge < -0.3 is 10.4 Å². The van der Waals surface area contributed by atoms with Gasteiger partial charge in [0.25, 0.3) is 0 Å². The van der Waals surface area contributed by atoms with Gasteiger partial charge in [-0.1, -0.05) is 26.2 Å². The predicted molar refractivity (Wildman–Crippen MR) is 76.8 cm³/mol. The zero-order valence-electron chi connectivity index (χ0n) is 12.0. The number of aromatic nitrogens is 2. The minimum atomic E-state index is -0.355. The second-order valence-electron chi connectivity index (χ2n) is 5.84. The molecule has 0 bridgehead atoms. The Morgan fingerprint density at radius 1 is 1.32 bits per heavy atom. The van der Waals surface area contributed by atoms with Crippen LogP contribution in [0.3, 0.4) is 0 Å². The van der Waals surface area contributed by atoms with Gasteiger partial charge in [-0.05, 0) is 37.3 Å². The maximum absolute atomic E-state index is 9.91. The first kappa shape index (κ1) is 14.5. The Balaban J connectivity index is 1.56. The van der Waals surface area contributed by atoms with Crippen LogP contribution in [0.4, 0.5) is 0 Å². The Kier molecular flexibility index (Phi) is 5.86. The molecular weight excluding hydrogens is 238 g/mol. The minimum Gasteiger partial charge on any atom is -0.390 e. The maximum atomic E-state index is 9.91. The quantitative estimate of drug-likeness (QED) is 0.793. The molecule has 108 valence electrons. The summed E-state index contributed by atoms with van der Waals surface area (Å²) in [7, 11) is 0. The van der Waals surface area contributed by atoms with Crippen LogP contribution in [0.1, 0.15) is 39.0 Å². The highest BCUT2D eigenvalue weighted by Gasteiger charge is 2.19. The van der Waals surface area contributed by atoms with Crippen LogP contribution in [-0.2, 0) is 6.54 Å². The van der Waals surface area contributed by atoms with Gasteiger partial charge >= 0.3 is 0 Å². The van der Waals surface area contributed by atoms with Gasteiger partial charge in [0.05, 0.1) is 12.6 Å². The number of hydrogen-bond acceptors (Lipinski definition) is 3. The smallest absolute Gasteiger partial charge is 0.0860 e. The highest BCUT2D eigenvalue weighted by Crippen LogP contribution is 2.29. The van der Waals surface area contributed by atoms with E-state index in [4.69, 9.17) is 0 Å². The lowest BCUT2D eigenvalue weighted by Gasteiger charge is -2.28. The molecule has 0 amide bonds. The number of nitrogens with zero attached hydrogens (tertiary/aromatic N) is 2. The van der Waals surface area contributed by atoms with E-state index in [0.717, 1.165) is 18.4 Å². The molecule has 4 nitrogen and oxygen atoms in total. The number of aliphatic hydroxyl groups is 1. The Hall–Kier alpha value is -0.870. The molecule has 2 rings (SSSR count). The van der Waals surface area contributed by atoms with Crippen LogP contribution in [0.2, 0.25) is 0 Å². The number of rotatable bonds is 7. The lowest BCUT2D eigenvalue weighted by atomic mass is 9.81. The predicted octanol–water partition coefficient (Wildman–Crippen LogP) is 2.05. The fourth-order valence-corrected chi connectivity index (χ4v) is 2.99. The van der Waals surface area contributed by atoms with Crippen molar-refractivity contribution in [2.24, 2.45) is 11.8 Å². The minimum absolute atomic E-state index is 0.355. The Labute approximate surface area is 116 Å². The molecule has 0 radical (unpaired) electrons. The van der Waals surface area contributed by atoms with Crippen molar-refractivity contribution in [3.05, 3.63) is 18.5 Å². The van der Waals surface area contributed by atoms with E-state index in [2.05, 4.69) is 17.3 Å². The fourth-order valence-electron chi connectivity index (χ4n) is 2.99. The summed E-state index contributed by atoms with van der Waals surface area (Å²) in [5.41, 5.74) is 0. The first-order chi connectivity index (χ1) is 9.28. The van der Waals surface area contributed by atoms with Crippen molar-refractivity contribution >= 4 is 0 Å². The van der Waals surface area contributed by atoms with Crippen molar-refractivity contribution in [1.82, 2.24) is 15.1 Å². The fraction of sp³-hybridized carbons (Fsp3) is 0.800. The number of nitrogens with one attached hydrogen (secondary N) is 1. The van der Waals surface area contributed by atoms with E-state index in [1.165, 1.54) is 32.1 Å². The van der Waals surface area contributed by atoms with E-state index in [1.54, 1.807) is 10.9 Å². The molecule has 1 unspecified atom stereocenters. The summed E-state index contributed by atoms with van der Waals surface area (Å²) in [6.07, 6.45) is 10.1. The molecule has 19 heavy (non-hydrogen) atoms. The monoisotopic (exact) mass is 265 g/mol. The zero-order valence-corrected chi connectivity index (χ0v) is 12.0. The van der Waals surface area contributed by atoms with E-state index in [-0.39, 0.29) is 6.10 Å². The molecule has 1 aromatic heterocycles. The van der Waals surface area contributed by atoms with Gasteiger partial charge in [0.2, 0.25) is 0 Å². The highest BCUT2D eigenvalue weighted by atomic mass is 16.3. The van der Waals surface area contributed by atoms with E-state index in [9.17, 15) is 5.11 Å². The molecule has 1 heterocycles. The van der Waals surface area contributed by atoms with Crippen LogP contribution in [0.5, 0.6) is 0 Å². The van der Waals surface area contributed by atoms with Crippen molar-refractivity contribution in [3.8, 4) is 0 Å². The molecule has 2 N–H and O–H groups in total. The summed E-state index contributed by atoms with van der Waals surface area (Å²) in [5, 5.41) is 17.4. The van der Waals surface area contributed by atoms with Crippen molar-refractivity contribution in [1.29, 1.82) is 0 Å². The van der Waals surface area contributed by atoms with Gasteiger partial charge in [-0.2, -0.15) is 5.10 Å². The molecule has 0 spiro atoms. The molecule has 1 aliphatic rings. The molecule has 0 aromatic carbocycles. The summed E-state index contributed by atoms with van der Waals surface area (Å²) in [5.74, 6) is 1.77. The average Bonchev–Trinajstić information content (AvgIpc) is 2.92. The van der Waals surface area contributed by atoms with E-state index < -0.39 is 0 Å². The summed E-state index contributed by atoms with van der Waals surface area (Å²) in [6, 6.07) is 1.88. The van der Waals surface area contributed by atoms with Crippen molar-refractivity contribution in [2.45, 2.75) is 51.7 Å². The molecule has 1 saturated carbocycles. The van der Waals surface area contributed by atoms with Crippen molar-refractivity contribution in [3.63, 3.8) is 0 Å². The summed E-state index contributed by atoms with van der Waals surface area (Å²) >= 11 is 0. The molecule has 4 heteroatoms. The van der Waals surface area contributed by atoms with Gasteiger partial charge in [-0.3, -0.25) is 4.68 Å². The Bertz CT molecular complexity index is 331. The van der Waals surface area contributed by atoms with Crippen LogP contribution in [-0.4, -0.2) is 34.1 Å². The third-order valence-corrected chi connectivity index (χ3v) is 4.31. The van der Waals surface area contributed by atoms with Crippen molar-refractivity contribution < 1.29 is 5.11 Å². The van der Waals surface area contributed by atoms with Crippen LogP contribution >= 0.6 is 0 Å². The number of hydrogen-bond donors (Lipinski definition) is 2. The molecule has 1 atom stereocenters. The van der Waals surface area contributed by atoms with Crippen LogP contribution in [0, 0.1) is 11.8 Å². The SMILES string of the molecule is CCC1CCC(CNCC(O)Cn2cccn2)CC1. The topological polar surface area (TPSA) is 50.1 Å². The third kappa shape index (κ3) is 4.96. The molecule has 1 aliphatic carbocycles. The first-order valence-electron chi connectivity index (χ1n) is 7.64. The average molecular weight is 265 g/mol. The van der Waals surface area contributed by atoms with Crippen LogP contribution in [0.15, 0.2) is 18.5 Å². The molecule has 0 aliphatic heterocycles. The molecule has 1 aromatic rings. The lowest BCUT2D eigenvalue weighted by molar-refractivity contribution is 0.143. The molecule has 0 saturated heterocycles. The van der Waals surface area contributed by atoms with Gasteiger partial charge in [0, 0.05) is 18.9 Å². The van der Waals surface area contributed by atoms with E-state index >= 15 is 0 Å². The molecular formula is C15H27N3O. The molecule has 1 fully saturated rings. The first-order valence-corrected chi connectivity index (χ1v) is 7.64. The normalized spacial score (nSPS) is 25.4. The van der Waals surface area contributed by atoms with Gasteiger partial charge in [-0.25, -0.2) is 0 Å². The number of aliphatic hydroxyl groups excluding tert-OH is 1. The van der Waals surface area contributed by atoms with Crippen molar-refractivity contribution in [2.75, 3.05) is 13.1 Å². The summed E-state index contributed by atoms with van der Waals surface area (Å²) < 4.78 is 1.78. The van der Waals surface area contributed by atoms with Gasteiger partial charge in [0.15, 0.2) is 0 Å². The van der Waals surface area contributed by atoms with Gasteiger partial charge in [0.1, 0.15) is 0 Å². The highest BCUT2D eigenvalue weighted by molar-refractivity contribution is 4.79. The zero-order chi connectivity index (χ0) is 13.5. The Morgan fingerprint density at radius 3 is 2.68 bits per heavy atom. The lowest BCUT2D eigenvalue weighted by Crippen LogP contribution is -2.34. The largest absolute Gasteiger partial charge is 0.390 e. The maximum Gasteiger partial charge on any atom is 0.0860 e. The standard InChI is InChI=1S/C15H27N3O/c1-2-13-4-6-14(7-5-13)10-16-11-15(19)12-18-9-3-8-17-18/h3,8-9,13-16,19H,2,4-7,10-12H2,1H3. The van der Waals surface area contributed by atoms with Gasteiger partial charge in [-0.15, -0.1) is 0 Å². The summed E-state index contributed by atoms with van der Waals surface area (Å²) in [6.45, 7) is 4.58.